The zero-order chi connectivity index (χ0) is 11.6. The summed E-state index contributed by atoms with van der Waals surface area (Å²) in [5.74, 6) is 0.0680. The van der Waals surface area contributed by atoms with Gasteiger partial charge in [-0.05, 0) is 31.5 Å². The van der Waals surface area contributed by atoms with E-state index < -0.39 is 5.60 Å². The molecule has 0 aromatic heterocycles. The maximum Gasteiger partial charge on any atom is 0.159 e. The molecule has 0 aliphatic carbocycles. The van der Waals surface area contributed by atoms with Crippen LogP contribution >= 0.6 is 0 Å². The predicted octanol–water partition coefficient (Wildman–Crippen LogP) is 1.16. The highest BCUT2D eigenvalue weighted by Gasteiger charge is 2.30. The van der Waals surface area contributed by atoms with Crippen molar-refractivity contribution < 1.29 is 9.90 Å². The van der Waals surface area contributed by atoms with E-state index in [4.69, 9.17) is 0 Å². The number of β-amino-alcohol motifs (C(OH)–C–C–N with tert-alkyl or cyclic N) is 1. The summed E-state index contributed by atoms with van der Waals surface area (Å²) in [6.07, 6.45) is 1.39. The van der Waals surface area contributed by atoms with Crippen LogP contribution in [0, 0.1) is 0 Å². The van der Waals surface area contributed by atoms with Gasteiger partial charge < -0.3 is 10.4 Å². The maximum absolute atomic E-state index is 11.2. The van der Waals surface area contributed by atoms with Crippen LogP contribution in [0.25, 0.3) is 0 Å². The third kappa shape index (κ3) is 2.49. The Labute approximate surface area is 95.5 Å². The molecular formula is C13H17NO2. The molecule has 2 N–H and O–H groups in total. The average molecular weight is 219 g/mol. The van der Waals surface area contributed by atoms with E-state index in [2.05, 4.69) is 5.32 Å². The van der Waals surface area contributed by atoms with Gasteiger partial charge in [0, 0.05) is 18.5 Å². The molecule has 1 atom stereocenters. The van der Waals surface area contributed by atoms with E-state index in [9.17, 15) is 9.90 Å². The van der Waals surface area contributed by atoms with Gasteiger partial charge in [-0.25, -0.2) is 0 Å². The van der Waals surface area contributed by atoms with Gasteiger partial charge in [-0.1, -0.05) is 18.2 Å². The summed E-state index contributed by atoms with van der Waals surface area (Å²) >= 11 is 0. The molecule has 0 spiro atoms. The molecular weight excluding hydrogens is 202 g/mol. The van der Waals surface area contributed by atoms with Gasteiger partial charge in [0.05, 0.1) is 5.60 Å². The van der Waals surface area contributed by atoms with E-state index in [0.29, 0.717) is 18.5 Å². The Morgan fingerprint density at radius 1 is 1.56 bits per heavy atom. The molecule has 3 nitrogen and oxygen atoms in total. The van der Waals surface area contributed by atoms with E-state index in [1.54, 1.807) is 6.92 Å². The first-order chi connectivity index (χ1) is 7.59. The Morgan fingerprint density at radius 2 is 2.38 bits per heavy atom. The third-order valence-electron chi connectivity index (χ3n) is 3.09. The quantitative estimate of drug-likeness (QED) is 0.750. The topological polar surface area (TPSA) is 49.3 Å². The standard InChI is InChI=1S/C13H17NO2/c1-10(15)12-4-2-3-11(7-12)8-13(16)5-6-14-9-13/h2-4,7,14,16H,5-6,8-9H2,1H3. The van der Waals surface area contributed by atoms with Gasteiger partial charge in [0.2, 0.25) is 0 Å². The van der Waals surface area contributed by atoms with Crippen LogP contribution in [0.15, 0.2) is 24.3 Å². The molecule has 1 fully saturated rings. The van der Waals surface area contributed by atoms with E-state index >= 15 is 0 Å². The normalized spacial score (nSPS) is 24.6. The minimum atomic E-state index is -0.643. The first-order valence-electron chi connectivity index (χ1n) is 5.62. The molecule has 1 aromatic carbocycles. The molecule has 86 valence electrons. The molecule has 0 bridgehead atoms. The number of ketones is 1. The van der Waals surface area contributed by atoms with E-state index in [0.717, 1.165) is 18.5 Å². The van der Waals surface area contributed by atoms with Crippen molar-refractivity contribution in [1.82, 2.24) is 5.32 Å². The maximum atomic E-state index is 11.2. The van der Waals surface area contributed by atoms with Gasteiger partial charge in [0.25, 0.3) is 0 Å². The highest BCUT2D eigenvalue weighted by Crippen LogP contribution is 2.21. The Kier molecular flexibility index (Phi) is 3.08. The second-order valence-electron chi connectivity index (χ2n) is 4.58. The van der Waals surface area contributed by atoms with Crippen molar-refractivity contribution in [1.29, 1.82) is 0 Å². The van der Waals surface area contributed by atoms with Crippen LogP contribution in [0.3, 0.4) is 0 Å². The molecule has 1 aromatic rings. The smallest absolute Gasteiger partial charge is 0.159 e. The number of carbonyl (C=O) groups is 1. The third-order valence-corrected chi connectivity index (χ3v) is 3.09. The molecule has 1 saturated heterocycles. The van der Waals surface area contributed by atoms with E-state index in [-0.39, 0.29) is 5.78 Å². The SMILES string of the molecule is CC(=O)c1cccc(CC2(O)CCNC2)c1. The van der Waals surface area contributed by atoms with Crippen LogP contribution in [0.5, 0.6) is 0 Å². The summed E-state index contributed by atoms with van der Waals surface area (Å²) in [5, 5.41) is 13.4. The number of hydrogen-bond donors (Lipinski definition) is 2. The highest BCUT2D eigenvalue weighted by molar-refractivity contribution is 5.94. The Balaban J connectivity index is 2.15. The summed E-state index contributed by atoms with van der Waals surface area (Å²) in [6, 6.07) is 7.52. The van der Waals surface area contributed by atoms with Gasteiger partial charge in [-0.2, -0.15) is 0 Å². The first kappa shape index (κ1) is 11.3. The van der Waals surface area contributed by atoms with Crippen molar-refractivity contribution in [2.24, 2.45) is 0 Å². The average Bonchev–Trinajstić information content (AvgIpc) is 2.65. The van der Waals surface area contributed by atoms with Crippen molar-refractivity contribution in [3.8, 4) is 0 Å². The summed E-state index contributed by atoms with van der Waals surface area (Å²) in [4.78, 5) is 11.2. The van der Waals surface area contributed by atoms with Gasteiger partial charge in [0.15, 0.2) is 5.78 Å². The summed E-state index contributed by atoms with van der Waals surface area (Å²) < 4.78 is 0. The molecule has 1 aliphatic heterocycles. The molecule has 1 heterocycles. The number of aliphatic hydroxyl groups is 1. The fourth-order valence-corrected chi connectivity index (χ4v) is 2.16. The fraction of sp³-hybridized carbons (Fsp3) is 0.462. The Bertz CT molecular complexity index is 395. The largest absolute Gasteiger partial charge is 0.388 e. The van der Waals surface area contributed by atoms with Crippen LogP contribution in [-0.4, -0.2) is 29.6 Å². The molecule has 0 radical (unpaired) electrons. The second kappa shape index (κ2) is 4.36. The first-order valence-corrected chi connectivity index (χ1v) is 5.62. The number of hydrogen-bond acceptors (Lipinski definition) is 3. The summed E-state index contributed by atoms with van der Waals surface area (Å²) in [5.41, 5.74) is 1.10. The fourth-order valence-electron chi connectivity index (χ4n) is 2.16. The van der Waals surface area contributed by atoms with Crippen molar-refractivity contribution in [3.05, 3.63) is 35.4 Å². The Hall–Kier alpha value is -1.19. The van der Waals surface area contributed by atoms with Gasteiger partial charge >= 0.3 is 0 Å². The number of nitrogens with one attached hydrogen (secondary N) is 1. The lowest BCUT2D eigenvalue weighted by Crippen LogP contribution is -2.33. The number of Topliss-reactive ketones (excluding diaryl/α,β-unsaturated/α-hetero) is 1. The molecule has 1 aliphatic rings. The predicted molar refractivity (Wildman–Crippen MR) is 62.6 cm³/mol. The molecule has 1 unspecified atom stereocenters. The minimum absolute atomic E-state index is 0.0680. The van der Waals surface area contributed by atoms with Gasteiger partial charge in [-0.3, -0.25) is 4.79 Å². The van der Waals surface area contributed by atoms with Gasteiger partial charge in [0.1, 0.15) is 0 Å². The molecule has 2 rings (SSSR count). The minimum Gasteiger partial charge on any atom is -0.388 e. The lowest BCUT2D eigenvalue weighted by atomic mass is 9.92. The van der Waals surface area contributed by atoms with Crippen molar-refractivity contribution >= 4 is 5.78 Å². The van der Waals surface area contributed by atoms with Crippen molar-refractivity contribution in [3.63, 3.8) is 0 Å². The second-order valence-corrected chi connectivity index (χ2v) is 4.58. The van der Waals surface area contributed by atoms with Crippen molar-refractivity contribution in [2.75, 3.05) is 13.1 Å². The summed E-state index contributed by atoms with van der Waals surface area (Å²) in [7, 11) is 0. The van der Waals surface area contributed by atoms with Crippen LogP contribution in [-0.2, 0) is 6.42 Å². The number of rotatable bonds is 3. The van der Waals surface area contributed by atoms with Crippen LogP contribution in [0.1, 0.15) is 29.3 Å². The molecule has 0 saturated carbocycles. The lowest BCUT2D eigenvalue weighted by molar-refractivity contribution is 0.0618. The molecule has 16 heavy (non-hydrogen) atoms. The highest BCUT2D eigenvalue weighted by atomic mass is 16.3. The zero-order valence-electron chi connectivity index (χ0n) is 9.49. The zero-order valence-corrected chi connectivity index (χ0v) is 9.49. The molecule has 0 amide bonds. The Morgan fingerprint density at radius 3 is 3.00 bits per heavy atom. The number of benzene rings is 1. The monoisotopic (exact) mass is 219 g/mol. The van der Waals surface area contributed by atoms with Crippen LogP contribution in [0.2, 0.25) is 0 Å². The number of carbonyl (C=O) groups excluding carboxylic acids is 1. The van der Waals surface area contributed by atoms with E-state index in [1.165, 1.54) is 0 Å². The lowest BCUT2D eigenvalue weighted by Gasteiger charge is -2.21. The molecule has 3 heteroatoms. The van der Waals surface area contributed by atoms with Crippen LogP contribution < -0.4 is 5.32 Å². The van der Waals surface area contributed by atoms with Crippen molar-refractivity contribution in [2.45, 2.75) is 25.4 Å². The van der Waals surface area contributed by atoms with E-state index in [1.807, 2.05) is 24.3 Å². The summed E-state index contributed by atoms with van der Waals surface area (Å²) in [6.45, 7) is 3.06. The van der Waals surface area contributed by atoms with Gasteiger partial charge in [-0.15, -0.1) is 0 Å². The van der Waals surface area contributed by atoms with Crippen LogP contribution in [0.4, 0.5) is 0 Å².